The molecule has 1 saturated heterocycles. The van der Waals surface area contributed by atoms with E-state index in [1.807, 2.05) is 0 Å². The Hall–Kier alpha value is -2.19. The summed E-state index contributed by atoms with van der Waals surface area (Å²) < 4.78 is 5.00. The quantitative estimate of drug-likeness (QED) is 0.556. The Balaban J connectivity index is 1.57. The highest BCUT2D eigenvalue weighted by Gasteiger charge is 2.51. The third kappa shape index (κ3) is 4.23. The molecule has 1 aliphatic heterocycles. The Kier molecular flexibility index (Phi) is 6.43. The number of aromatic nitrogens is 1. The van der Waals surface area contributed by atoms with Gasteiger partial charge in [-0.15, -0.1) is 0 Å². The molecule has 3 amide bonds. The van der Waals surface area contributed by atoms with Crippen LogP contribution in [0.2, 0.25) is 10.0 Å². The van der Waals surface area contributed by atoms with Crippen molar-refractivity contribution < 1.29 is 23.9 Å². The van der Waals surface area contributed by atoms with Crippen molar-refractivity contribution >= 4 is 52.7 Å². The Morgan fingerprint density at radius 2 is 1.83 bits per heavy atom. The summed E-state index contributed by atoms with van der Waals surface area (Å²) in [5, 5.41) is 2.97. The number of esters is 1. The molecule has 3 rings (SSSR count). The predicted octanol–water partition coefficient (Wildman–Crippen LogP) is 2.74. The lowest BCUT2D eigenvalue weighted by Crippen LogP contribution is -2.45. The van der Waals surface area contributed by atoms with Gasteiger partial charge in [-0.25, -0.2) is 9.78 Å². The molecule has 1 saturated carbocycles. The van der Waals surface area contributed by atoms with Crippen LogP contribution in [0.15, 0.2) is 6.20 Å². The minimum absolute atomic E-state index is 0.0941. The van der Waals surface area contributed by atoms with Gasteiger partial charge < -0.3 is 10.1 Å². The van der Waals surface area contributed by atoms with E-state index in [1.165, 1.54) is 13.1 Å². The zero-order chi connectivity index (χ0) is 21.3. The average Bonchev–Trinajstić information content (AvgIpc) is 2.96. The van der Waals surface area contributed by atoms with E-state index < -0.39 is 24.5 Å². The first kappa shape index (κ1) is 21.5. The molecule has 0 radical (unpaired) electrons. The number of anilines is 1. The molecule has 0 aromatic carbocycles. The van der Waals surface area contributed by atoms with Gasteiger partial charge in [0, 0.05) is 6.20 Å². The monoisotopic (exact) mass is 441 g/mol. The van der Waals surface area contributed by atoms with Gasteiger partial charge in [-0.1, -0.05) is 36.0 Å². The van der Waals surface area contributed by atoms with E-state index in [2.05, 4.69) is 10.3 Å². The lowest BCUT2D eigenvalue weighted by atomic mass is 9.81. The van der Waals surface area contributed by atoms with Crippen LogP contribution in [0.3, 0.4) is 0 Å². The van der Waals surface area contributed by atoms with Gasteiger partial charge in [0.1, 0.15) is 6.04 Å². The normalized spacial score (nSPS) is 22.3. The molecule has 2 aliphatic rings. The number of carbonyl (C=O) groups is 4. The van der Waals surface area contributed by atoms with Crippen molar-refractivity contribution in [2.75, 3.05) is 11.9 Å². The SMILES string of the molecule is Cc1c(Cl)cnc(NC(=O)COC(=O)[C@H](C)N2C(=O)[C@H]3CCCC[C@H]3C2=O)c1Cl. The number of hydrogen-bond donors (Lipinski definition) is 1. The first-order valence-electron chi connectivity index (χ1n) is 9.36. The second kappa shape index (κ2) is 8.67. The first-order chi connectivity index (χ1) is 13.7. The molecule has 0 spiro atoms. The minimum Gasteiger partial charge on any atom is -0.454 e. The van der Waals surface area contributed by atoms with Crippen molar-refractivity contribution in [2.24, 2.45) is 11.8 Å². The number of likely N-dealkylation sites (tertiary alicyclic amines) is 1. The van der Waals surface area contributed by atoms with Crippen LogP contribution >= 0.6 is 23.2 Å². The molecule has 3 atom stereocenters. The van der Waals surface area contributed by atoms with E-state index in [0.717, 1.165) is 17.7 Å². The van der Waals surface area contributed by atoms with Crippen LogP contribution < -0.4 is 5.32 Å². The fraction of sp³-hybridized carbons (Fsp3) is 0.526. The standard InChI is InChI=1S/C19H21Cl2N3O5/c1-9-13(20)7-22-16(15(9)21)23-14(25)8-29-19(28)10(2)24-17(26)11-5-3-4-6-12(11)18(24)27/h7,10-12H,3-6,8H2,1-2H3,(H,22,23,25)/t10-,11-,12+/m0/s1. The number of hydrogen-bond acceptors (Lipinski definition) is 6. The number of amides is 3. The summed E-state index contributed by atoms with van der Waals surface area (Å²) in [5.41, 5.74) is 0.553. The number of nitrogens with zero attached hydrogens (tertiary/aromatic N) is 2. The highest BCUT2D eigenvalue weighted by molar-refractivity contribution is 6.37. The second-order valence-electron chi connectivity index (χ2n) is 7.27. The Bertz CT molecular complexity index is 852. The van der Waals surface area contributed by atoms with E-state index in [4.69, 9.17) is 27.9 Å². The van der Waals surface area contributed by atoms with Crippen molar-refractivity contribution in [3.8, 4) is 0 Å². The fourth-order valence-electron chi connectivity index (χ4n) is 3.74. The Morgan fingerprint density at radius 1 is 1.24 bits per heavy atom. The Labute approximate surface area is 177 Å². The van der Waals surface area contributed by atoms with Gasteiger partial charge in [-0.05, 0) is 32.3 Å². The highest BCUT2D eigenvalue weighted by atomic mass is 35.5. The van der Waals surface area contributed by atoms with E-state index >= 15 is 0 Å². The maximum atomic E-state index is 12.6. The summed E-state index contributed by atoms with van der Waals surface area (Å²) in [5.74, 6) is -2.76. The first-order valence-corrected chi connectivity index (χ1v) is 10.1. The van der Waals surface area contributed by atoms with Crippen molar-refractivity contribution in [2.45, 2.75) is 45.6 Å². The van der Waals surface area contributed by atoms with E-state index in [1.54, 1.807) is 6.92 Å². The molecule has 2 fully saturated rings. The summed E-state index contributed by atoms with van der Waals surface area (Å²) in [6.45, 7) is 2.49. The van der Waals surface area contributed by atoms with E-state index in [9.17, 15) is 19.2 Å². The highest BCUT2D eigenvalue weighted by Crippen LogP contribution is 2.39. The maximum Gasteiger partial charge on any atom is 0.329 e. The predicted molar refractivity (Wildman–Crippen MR) is 105 cm³/mol. The molecule has 1 aromatic rings. The number of ether oxygens (including phenoxy) is 1. The van der Waals surface area contributed by atoms with E-state index in [0.29, 0.717) is 23.4 Å². The molecular formula is C19H21Cl2N3O5. The van der Waals surface area contributed by atoms with Gasteiger partial charge in [0.25, 0.3) is 5.91 Å². The molecule has 0 bridgehead atoms. The molecule has 29 heavy (non-hydrogen) atoms. The van der Waals surface area contributed by atoms with Crippen molar-refractivity contribution in [3.05, 3.63) is 21.8 Å². The summed E-state index contributed by atoms with van der Waals surface area (Å²) in [4.78, 5) is 54.4. The number of carbonyl (C=O) groups excluding carboxylic acids is 4. The molecule has 8 nitrogen and oxygen atoms in total. The fourth-order valence-corrected chi connectivity index (χ4v) is 4.13. The number of halogens is 2. The second-order valence-corrected chi connectivity index (χ2v) is 8.05. The number of imide groups is 1. The Morgan fingerprint density at radius 3 is 2.41 bits per heavy atom. The van der Waals surface area contributed by atoms with Gasteiger partial charge in [-0.2, -0.15) is 0 Å². The molecule has 10 heteroatoms. The van der Waals surface area contributed by atoms with Gasteiger partial charge in [0.15, 0.2) is 12.4 Å². The van der Waals surface area contributed by atoms with Crippen LogP contribution in [0.5, 0.6) is 0 Å². The van der Waals surface area contributed by atoms with Gasteiger partial charge >= 0.3 is 5.97 Å². The largest absolute Gasteiger partial charge is 0.454 e. The lowest BCUT2D eigenvalue weighted by Gasteiger charge is -2.21. The van der Waals surface area contributed by atoms with Crippen LogP contribution in [0.25, 0.3) is 0 Å². The molecule has 0 unspecified atom stereocenters. The van der Waals surface area contributed by atoms with Crippen LogP contribution in [-0.2, 0) is 23.9 Å². The molecular weight excluding hydrogens is 421 g/mol. The smallest absolute Gasteiger partial charge is 0.329 e. The lowest BCUT2D eigenvalue weighted by molar-refractivity contribution is -0.159. The summed E-state index contributed by atoms with van der Waals surface area (Å²) >= 11 is 12.0. The van der Waals surface area contributed by atoms with Crippen molar-refractivity contribution in [3.63, 3.8) is 0 Å². The molecule has 2 heterocycles. The van der Waals surface area contributed by atoms with Crippen LogP contribution in [0.1, 0.15) is 38.2 Å². The number of rotatable bonds is 5. The molecule has 1 N–H and O–H groups in total. The average molecular weight is 442 g/mol. The van der Waals surface area contributed by atoms with Crippen molar-refractivity contribution in [1.82, 2.24) is 9.88 Å². The third-order valence-electron chi connectivity index (χ3n) is 5.41. The third-order valence-corrected chi connectivity index (χ3v) is 6.25. The molecule has 156 valence electrons. The zero-order valence-corrected chi connectivity index (χ0v) is 17.5. The van der Waals surface area contributed by atoms with Gasteiger partial charge in [-0.3, -0.25) is 19.3 Å². The number of pyridine rings is 1. The van der Waals surface area contributed by atoms with Crippen molar-refractivity contribution in [1.29, 1.82) is 0 Å². The summed E-state index contributed by atoms with van der Waals surface area (Å²) in [6, 6.07) is -1.09. The number of fused-ring (bicyclic) bond motifs is 1. The topological polar surface area (TPSA) is 106 Å². The zero-order valence-electron chi connectivity index (χ0n) is 16.0. The van der Waals surface area contributed by atoms with Crippen LogP contribution in [-0.4, -0.2) is 46.2 Å². The van der Waals surface area contributed by atoms with Gasteiger partial charge in [0.2, 0.25) is 11.8 Å². The maximum absolute atomic E-state index is 12.6. The summed E-state index contributed by atoms with van der Waals surface area (Å²) in [6.07, 6.45) is 4.45. The number of nitrogens with one attached hydrogen (secondary N) is 1. The minimum atomic E-state index is -1.09. The molecule has 1 aliphatic carbocycles. The molecule has 1 aromatic heterocycles. The van der Waals surface area contributed by atoms with Crippen LogP contribution in [0, 0.1) is 18.8 Å². The van der Waals surface area contributed by atoms with E-state index in [-0.39, 0.29) is 34.5 Å². The van der Waals surface area contributed by atoms with Gasteiger partial charge in [0.05, 0.1) is 21.9 Å². The van der Waals surface area contributed by atoms with Crippen LogP contribution in [0.4, 0.5) is 5.82 Å². The summed E-state index contributed by atoms with van der Waals surface area (Å²) in [7, 11) is 0.